The molecule has 0 saturated heterocycles. The molecule has 0 aliphatic heterocycles. The summed E-state index contributed by atoms with van der Waals surface area (Å²) in [6.07, 6.45) is 1.91. The second kappa shape index (κ2) is 7.21. The average Bonchev–Trinajstić information content (AvgIpc) is 3.07. The largest absolute Gasteiger partial charge is 0.340 e. The van der Waals surface area contributed by atoms with Gasteiger partial charge in [-0.05, 0) is 41.3 Å². The highest BCUT2D eigenvalue weighted by atomic mass is 15.0. The first-order valence-corrected chi connectivity index (χ1v) is 10.2. The van der Waals surface area contributed by atoms with E-state index in [-0.39, 0.29) is 0 Å². The van der Waals surface area contributed by atoms with Crippen LogP contribution in [0, 0.1) is 5.92 Å². The molecule has 5 aromatic rings. The van der Waals surface area contributed by atoms with Crippen molar-refractivity contribution in [2.24, 2.45) is 5.92 Å². The Hall–Kier alpha value is -3.39. The van der Waals surface area contributed by atoms with Crippen LogP contribution in [-0.4, -0.2) is 9.55 Å². The van der Waals surface area contributed by atoms with Gasteiger partial charge in [-0.1, -0.05) is 74.5 Å². The van der Waals surface area contributed by atoms with Crippen LogP contribution < -0.4 is 0 Å². The number of pyridine rings is 1. The lowest BCUT2D eigenvalue weighted by molar-refractivity contribution is 0.545. The second-order valence-corrected chi connectivity index (χ2v) is 8.05. The first kappa shape index (κ1) is 17.7. The van der Waals surface area contributed by atoms with Gasteiger partial charge in [-0.2, -0.15) is 0 Å². The van der Waals surface area contributed by atoms with Crippen LogP contribution >= 0.6 is 0 Å². The number of nitrogens with zero attached hydrogens (tertiary/aromatic N) is 2. The van der Waals surface area contributed by atoms with Crippen LogP contribution in [0.25, 0.3) is 44.2 Å². The van der Waals surface area contributed by atoms with E-state index in [1.807, 2.05) is 12.3 Å². The van der Waals surface area contributed by atoms with Gasteiger partial charge in [0.1, 0.15) is 0 Å². The van der Waals surface area contributed by atoms with Crippen LogP contribution in [0.15, 0.2) is 91.1 Å². The van der Waals surface area contributed by atoms with Gasteiger partial charge in [0, 0.05) is 40.1 Å². The Bertz CT molecular complexity index is 1300. The molecule has 0 radical (unpaired) electrons. The standard InChI is InChI=1S/C27H24N2/c1-19(2)18-29-26-11-7-6-10-23(26)24-13-12-22(17-27(24)29)25-16-21(14-15-28-25)20-8-4-3-5-9-20/h3-17,19H,18H2,1-2H3. The van der Waals surface area contributed by atoms with E-state index in [4.69, 9.17) is 0 Å². The number of fused-ring (bicyclic) bond motifs is 3. The fourth-order valence-electron chi connectivity index (χ4n) is 4.17. The predicted molar refractivity (Wildman–Crippen MR) is 123 cm³/mol. The monoisotopic (exact) mass is 376 g/mol. The van der Waals surface area contributed by atoms with Crippen LogP contribution in [0.5, 0.6) is 0 Å². The minimum absolute atomic E-state index is 0.581. The van der Waals surface area contributed by atoms with Gasteiger partial charge in [-0.15, -0.1) is 0 Å². The van der Waals surface area contributed by atoms with Crippen molar-refractivity contribution < 1.29 is 0 Å². The van der Waals surface area contributed by atoms with Crippen LogP contribution in [0.3, 0.4) is 0 Å². The van der Waals surface area contributed by atoms with E-state index in [0.29, 0.717) is 5.92 Å². The zero-order valence-electron chi connectivity index (χ0n) is 16.8. The normalized spacial score (nSPS) is 11.6. The SMILES string of the molecule is CC(C)Cn1c2ccccc2c2ccc(-c3cc(-c4ccccc4)ccn3)cc21. The molecule has 0 bridgehead atoms. The molecule has 3 aromatic carbocycles. The Balaban J connectivity index is 1.68. The Kier molecular flexibility index (Phi) is 4.40. The molecule has 2 heterocycles. The first-order valence-electron chi connectivity index (χ1n) is 10.2. The van der Waals surface area contributed by atoms with Crippen molar-refractivity contribution in [1.29, 1.82) is 0 Å². The third-order valence-corrected chi connectivity index (χ3v) is 5.48. The molecule has 2 heteroatoms. The molecule has 142 valence electrons. The lowest BCUT2D eigenvalue weighted by atomic mass is 10.0. The van der Waals surface area contributed by atoms with Crippen molar-refractivity contribution in [3.05, 3.63) is 91.1 Å². The van der Waals surface area contributed by atoms with E-state index in [1.54, 1.807) is 0 Å². The summed E-state index contributed by atoms with van der Waals surface area (Å²) in [7, 11) is 0. The summed E-state index contributed by atoms with van der Waals surface area (Å²) in [6, 6.07) is 30.2. The van der Waals surface area contributed by atoms with Gasteiger partial charge in [0.05, 0.1) is 5.69 Å². The number of para-hydroxylation sites is 1. The number of rotatable bonds is 4. The summed E-state index contributed by atoms with van der Waals surface area (Å²) in [4.78, 5) is 4.68. The lowest BCUT2D eigenvalue weighted by Crippen LogP contribution is -2.03. The van der Waals surface area contributed by atoms with Gasteiger partial charge < -0.3 is 4.57 Å². The molecule has 29 heavy (non-hydrogen) atoms. The van der Waals surface area contributed by atoms with Crippen LogP contribution in [-0.2, 0) is 6.54 Å². The molecule has 0 spiro atoms. The number of hydrogen-bond acceptors (Lipinski definition) is 1. The minimum Gasteiger partial charge on any atom is -0.340 e. The molecule has 0 atom stereocenters. The maximum atomic E-state index is 4.68. The smallest absolute Gasteiger partial charge is 0.0708 e. The van der Waals surface area contributed by atoms with Gasteiger partial charge in [-0.25, -0.2) is 0 Å². The van der Waals surface area contributed by atoms with Crippen molar-refractivity contribution in [2.45, 2.75) is 20.4 Å². The van der Waals surface area contributed by atoms with Crippen molar-refractivity contribution >= 4 is 21.8 Å². The number of aromatic nitrogens is 2. The predicted octanol–water partition coefficient (Wildman–Crippen LogP) is 7.18. The van der Waals surface area contributed by atoms with Crippen LogP contribution in [0.2, 0.25) is 0 Å². The average molecular weight is 377 g/mol. The number of hydrogen-bond donors (Lipinski definition) is 0. The maximum absolute atomic E-state index is 4.68. The molecule has 0 N–H and O–H groups in total. The molecule has 0 saturated carbocycles. The highest BCUT2D eigenvalue weighted by molar-refractivity contribution is 6.09. The minimum atomic E-state index is 0.581. The third kappa shape index (κ3) is 3.21. The molecule has 0 fully saturated rings. The summed E-state index contributed by atoms with van der Waals surface area (Å²) in [6.45, 7) is 5.55. The highest BCUT2D eigenvalue weighted by Gasteiger charge is 2.13. The van der Waals surface area contributed by atoms with Gasteiger partial charge in [0.25, 0.3) is 0 Å². The van der Waals surface area contributed by atoms with Crippen LogP contribution in [0.1, 0.15) is 13.8 Å². The zero-order chi connectivity index (χ0) is 19.8. The summed E-state index contributed by atoms with van der Waals surface area (Å²) in [5.74, 6) is 0.581. The third-order valence-electron chi connectivity index (χ3n) is 5.48. The highest BCUT2D eigenvalue weighted by Crippen LogP contribution is 2.33. The van der Waals surface area contributed by atoms with E-state index < -0.39 is 0 Å². The summed E-state index contributed by atoms with van der Waals surface area (Å²) in [5.41, 5.74) is 7.16. The molecule has 0 amide bonds. The lowest BCUT2D eigenvalue weighted by Gasteiger charge is -2.11. The van der Waals surface area contributed by atoms with E-state index in [9.17, 15) is 0 Å². The Labute approximate surface area is 171 Å². The van der Waals surface area contributed by atoms with Crippen LogP contribution in [0.4, 0.5) is 0 Å². The van der Waals surface area contributed by atoms with Gasteiger partial charge >= 0.3 is 0 Å². The van der Waals surface area contributed by atoms with Gasteiger partial charge in [0.15, 0.2) is 0 Å². The van der Waals surface area contributed by atoms with Crippen molar-refractivity contribution in [2.75, 3.05) is 0 Å². The molecule has 5 rings (SSSR count). The second-order valence-electron chi connectivity index (χ2n) is 8.05. The molecule has 0 aliphatic rings. The van der Waals surface area contributed by atoms with Gasteiger partial charge in [0.2, 0.25) is 0 Å². The topological polar surface area (TPSA) is 17.8 Å². The Morgan fingerprint density at radius 2 is 1.45 bits per heavy atom. The Morgan fingerprint density at radius 1 is 0.690 bits per heavy atom. The molecular formula is C27H24N2. The van der Waals surface area contributed by atoms with E-state index in [2.05, 4.69) is 102 Å². The van der Waals surface area contributed by atoms with E-state index >= 15 is 0 Å². The zero-order valence-corrected chi connectivity index (χ0v) is 16.8. The van der Waals surface area contributed by atoms with Gasteiger partial charge in [-0.3, -0.25) is 4.98 Å². The molecular weight excluding hydrogens is 352 g/mol. The van der Waals surface area contributed by atoms with Crippen molar-refractivity contribution in [1.82, 2.24) is 9.55 Å². The fraction of sp³-hybridized carbons (Fsp3) is 0.148. The summed E-state index contributed by atoms with van der Waals surface area (Å²) >= 11 is 0. The van der Waals surface area contributed by atoms with Crippen molar-refractivity contribution in [3.8, 4) is 22.4 Å². The fourth-order valence-corrected chi connectivity index (χ4v) is 4.17. The molecule has 0 aliphatic carbocycles. The quantitative estimate of drug-likeness (QED) is 0.325. The van der Waals surface area contributed by atoms with Crippen molar-refractivity contribution in [3.63, 3.8) is 0 Å². The van der Waals surface area contributed by atoms with E-state index in [1.165, 1.54) is 32.9 Å². The summed E-state index contributed by atoms with van der Waals surface area (Å²) < 4.78 is 2.46. The Morgan fingerprint density at radius 3 is 2.28 bits per heavy atom. The number of benzene rings is 3. The molecule has 2 nitrogen and oxygen atoms in total. The molecule has 0 unspecified atom stereocenters. The maximum Gasteiger partial charge on any atom is 0.0708 e. The first-order chi connectivity index (χ1) is 14.2. The molecule has 2 aromatic heterocycles. The van der Waals surface area contributed by atoms with E-state index in [0.717, 1.165) is 17.8 Å². The summed E-state index contributed by atoms with van der Waals surface area (Å²) in [5, 5.41) is 2.63.